The summed E-state index contributed by atoms with van der Waals surface area (Å²) in [6.07, 6.45) is 1.50. The highest BCUT2D eigenvalue weighted by atomic mass is 79.9. The number of nitrogens with one attached hydrogen (secondary N) is 2. The molecule has 16 heavy (non-hydrogen) atoms. The van der Waals surface area contributed by atoms with Crippen LogP contribution in [0.2, 0.25) is 0 Å². The lowest BCUT2D eigenvalue weighted by atomic mass is 10.4. The lowest BCUT2D eigenvalue weighted by molar-refractivity contribution is -0.128. The Labute approximate surface area is 99.7 Å². The number of aromatic nitrogens is 1. The van der Waals surface area contributed by atoms with Crippen LogP contribution in [0.25, 0.3) is 0 Å². The van der Waals surface area contributed by atoms with E-state index in [4.69, 9.17) is 0 Å². The third kappa shape index (κ3) is 3.85. The number of amides is 2. The maximum atomic E-state index is 11.3. The van der Waals surface area contributed by atoms with E-state index in [2.05, 4.69) is 26.8 Å². The first-order valence-corrected chi connectivity index (χ1v) is 5.20. The number of hydrazine groups is 1. The monoisotopic (exact) mass is 287 g/mol. The van der Waals surface area contributed by atoms with Crippen LogP contribution in [0.5, 0.6) is 0 Å². The zero-order valence-electron chi connectivity index (χ0n) is 8.49. The zero-order chi connectivity index (χ0) is 12.1. The molecular formula is C9H10BrN3O3. The highest BCUT2D eigenvalue weighted by molar-refractivity contribution is 9.10. The van der Waals surface area contributed by atoms with Gasteiger partial charge in [0.25, 0.3) is 11.5 Å². The van der Waals surface area contributed by atoms with E-state index in [-0.39, 0.29) is 18.0 Å². The second kappa shape index (κ2) is 5.45. The Kier molecular flexibility index (Phi) is 4.24. The summed E-state index contributed by atoms with van der Waals surface area (Å²) in [6, 6.07) is 2.93. The maximum Gasteiger partial charge on any atom is 0.258 e. The van der Waals surface area contributed by atoms with Crippen LogP contribution in [0, 0.1) is 0 Å². The molecule has 0 aromatic carbocycles. The molecule has 0 saturated heterocycles. The van der Waals surface area contributed by atoms with Gasteiger partial charge in [-0.15, -0.1) is 0 Å². The van der Waals surface area contributed by atoms with Gasteiger partial charge in [0.1, 0.15) is 6.54 Å². The first-order valence-electron chi connectivity index (χ1n) is 4.40. The van der Waals surface area contributed by atoms with Crippen LogP contribution in [0.4, 0.5) is 0 Å². The Morgan fingerprint density at radius 1 is 1.38 bits per heavy atom. The molecule has 0 radical (unpaired) electrons. The van der Waals surface area contributed by atoms with Gasteiger partial charge in [0, 0.05) is 23.7 Å². The standard InChI is InChI=1S/C9H10BrN3O3/c1-6(14)11-12-8(15)5-13-4-7(10)2-3-9(13)16/h2-4H,5H2,1H3,(H,11,14)(H,12,15). The molecule has 0 aliphatic rings. The maximum absolute atomic E-state index is 11.3. The molecule has 0 atom stereocenters. The van der Waals surface area contributed by atoms with Gasteiger partial charge in [-0.3, -0.25) is 25.2 Å². The van der Waals surface area contributed by atoms with Crippen LogP contribution in [0.15, 0.2) is 27.6 Å². The van der Waals surface area contributed by atoms with Crippen molar-refractivity contribution in [2.24, 2.45) is 0 Å². The van der Waals surface area contributed by atoms with Gasteiger partial charge in [0.15, 0.2) is 0 Å². The average molecular weight is 288 g/mol. The van der Waals surface area contributed by atoms with Gasteiger partial charge in [-0.2, -0.15) is 0 Å². The Hall–Kier alpha value is -1.63. The summed E-state index contributed by atoms with van der Waals surface area (Å²) in [5, 5.41) is 0. The van der Waals surface area contributed by atoms with Crippen molar-refractivity contribution >= 4 is 27.7 Å². The highest BCUT2D eigenvalue weighted by Crippen LogP contribution is 2.04. The topological polar surface area (TPSA) is 80.2 Å². The minimum Gasteiger partial charge on any atom is -0.305 e. The molecule has 1 aromatic heterocycles. The summed E-state index contributed by atoms with van der Waals surface area (Å²) in [5.41, 5.74) is 4.01. The van der Waals surface area contributed by atoms with E-state index in [1.54, 1.807) is 6.07 Å². The van der Waals surface area contributed by atoms with Crippen LogP contribution in [-0.2, 0) is 16.1 Å². The zero-order valence-corrected chi connectivity index (χ0v) is 10.1. The summed E-state index contributed by atoms with van der Waals surface area (Å²) >= 11 is 3.19. The van der Waals surface area contributed by atoms with Crippen molar-refractivity contribution in [3.8, 4) is 0 Å². The van der Waals surface area contributed by atoms with Gasteiger partial charge in [-0.05, 0) is 22.0 Å². The second-order valence-electron chi connectivity index (χ2n) is 3.04. The molecule has 2 amide bonds. The Morgan fingerprint density at radius 3 is 2.69 bits per heavy atom. The predicted octanol–water partition coefficient (Wildman–Crippen LogP) is -0.222. The molecule has 2 N–H and O–H groups in total. The summed E-state index contributed by atoms with van der Waals surface area (Å²) in [7, 11) is 0. The minimum atomic E-state index is -0.476. The molecule has 0 bridgehead atoms. The molecule has 0 spiro atoms. The van der Waals surface area contributed by atoms with Crippen LogP contribution in [0.1, 0.15) is 6.92 Å². The Balaban J connectivity index is 2.66. The summed E-state index contributed by atoms with van der Waals surface area (Å²) in [6.45, 7) is 1.12. The van der Waals surface area contributed by atoms with Crippen molar-refractivity contribution in [3.05, 3.63) is 33.2 Å². The highest BCUT2D eigenvalue weighted by Gasteiger charge is 2.04. The van der Waals surface area contributed by atoms with Crippen molar-refractivity contribution in [2.45, 2.75) is 13.5 Å². The molecule has 86 valence electrons. The fraction of sp³-hybridized carbons (Fsp3) is 0.222. The van der Waals surface area contributed by atoms with Crippen molar-refractivity contribution in [3.63, 3.8) is 0 Å². The molecule has 0 unspecified atom stereocenters. The molecule has 1 aromatic rings. The van der Waals surface area contributed by atoms with E-state index in [0.717, 1.165) is 0 Å². The summed E-state index contributed by atoms with van der Waals surface area (Å²) in [4.78, 5) is 33.1. The van der Waals surface area contributed by atoms with Crippen molar-refractivity contribution in [2.75, 3.05) is 0 Å². The lowest BCUT2D eigenvalue weighted by Gasteiger charge is -2.07. The van der Waals surface area contributed by atoms with Crippen molar-refractivity contribution in [1.29, 1.82) is 0 Å². The number of carbonyl (C=O) groups excluding carboxylic acids is 2. The quantitative estimate of drug-likeness (QED) is 0.738. The van der Waals surface area contributed by atoms with Crippen LogP contribution < -0.4 is 16.4 Å². The first kappa shape index (κ1) is 12.4. The van der Waals surface area contributed by atoms with E-state index in [1.807, 2.05) is 0 Å². The van der Waals surface area contributed by atoms with E-state index < -0.39 is 5.91 Å². The van der Waals surface area contributed by atoms with Gasteiger partial charge < -0.3 is 4.57 Å². The SMILES string of the molecule is CC(=O)NNC(=O)Cn1cc(Br)ccc1=O. The molecule has 0 fully saturated rings. The molecule has 0 saturated carbocycles. The number of hydrogen-bond acceptors (Lipinski definition) is 3. The number of nitrogens with zero attached hydrogens (tertiary/aromatic N) is 1. The predicted molar refractivity (Wildman–Crippen MR) is 60.4 cm³/mol. The van der Waals surface area contributed by atoms with Crippen LogP contribution in [-0.4, -0.2) is 16.4 Å². The summed E-state index contributed by atoms with van der Waals surface area (Å²) in [5.74, 6) is -0.856. The first-order chi connectivity index (χ1) is 7.49. The van der Waals surface area contributed by atoms with E-state index in [0.29, 0.717) is 4.47 Å². The number of carbonyl (C=O) groups is 2. The van der Waals surface area contributed by atoms with Gasteiger partial charge in [0.2, 0.25) is 5.91 Å². The van der Waals surface area contributed by atoms with Gasteiger partial charge >= 0.3 is 0 Å². The van der Waals surface area contributed by atoms with Gasteiger partial charge in [-0.25, -0.2) is 0 Å². The fourth-order valence-corrected chi connectivity index (χ4v) is 1.36. The van der Waals surface area contributed by atoms with E-state index >= 15 is 0 Å². The van der Waals surface area contributed by atoms with E-state index in [1.165, 1.54) is 23.8 Å². The summed E-state index contributed by atoms with van der Waals surface area (Å²) < 4.78 is 1.92. The molecule has 6 nitrogen and oxygen atoms in total. The minimum absolute atomic E-state index is 0.154. The molecule has 0 aliphatic heterocycles. The van der Waals surface area contributed by atoms with Crippen molar-refractivity contribution < 1.29 is 9.59 Å². The fourth-order valence-electron chi connectivity index (χ4n) is 0.978. The molecule has 1 heterocycles. The van der Waals surface area contributed by atoms with Crippen LogP contribution in [0.3, 0.4) is 0 Å². The van der Waals surface area contributed by atoms with Crippen LogP contribution >= 0.6 is 15.9 Å². The normalized spacial score (nSPS) is 9.62. The van der Waals surface area contributed by atoms with E-state index in [9.17, 15) is 14.4 Å². The van der Waals surface area contributed by atoms with Gasteiger partial charge in [0.05, 0.1) is 0 Å². The largest absolute Gasteiger partial charge is 0.305 e. The molecular weight excluding hydrogens is 278 g/mol. The number of rotatable bonds is 2. The molecule has 0 aliphatic carbocycles. The molecule has 1 rings (SSSR count). The third-order valence-corrected chi connectivity index (χ3v) is 2.11. The number of pyridine rings is 1. The number of halogens is 1. The smallest absolute Gasteiger partial charge is 0.258 e. The molecule has 7 heteroatoms. The average Bonchev–Trinajstić information content (AvgIpc) is 2.20. The second-order valence-corrected chi connectivity index (χ2v) is 3.96. The lowest BCUT2D eigenvalue weighted by Crippen LogP contribution is -2.43. The van der Waals surface area contributed by atoms with Crippen molar-refractivity contribution in [1.82, 2.24) is 15.4 Å². The third-order valence-electron chi connectivity index (χ3n) is 1.64. The van der Waals surface area contributed by atoms with Gasteiger partial charge in [-0.1, -0.05) is 0 Å². The Bertz CT molecular complexity index is 469. The number of hydrogen-bond donors (Lipinski definition) is 2. The Morgan fingerprint density at radius 2 is 2.06 bits per heavy atom.